The quantitative estimate of drug-likeness (QED) is 0.730. The predicted octanol–water partition coefficient (Wildman–Crippen LogP) is 2.79. The van der Waals surface area contributed by atoms with Crippen molar-refractivity contribution < 1.29 is 4.79 Å². The normalized spacial score (nSPS) is 22.9. The van der Waals surface area contributed by atoms with Gasteiger partial charge >= 0.3 is 0 Å². The Kier molecular flexibility index (Phi) is 9.90. The summed E-state index contributed by atoms with van der Waals surface area (Å²) in [5, 5.41) is 3.18. The van der Waals surface area contributed by atoms with Crippen molar-refractivity contribution in [2.24, 2.45) is 5.73 Å². The topological polar surface area (TPSA) is 58.4 Å². The van der Waals surface area contributed by atoms with Gasteiger partial charge in [-0.3, -0.25) is 9.69 Å². The van der Waals surface area contributed by atoms with Crippen LogP contribution in [0, 0.1) is 0 Å². The fourth-order valence-corrected chi connectivity index (χ4v) is 4.43. The second-order valence-corrected chi connectivity index (χ2v) is 7.92. The lowest BCUT2D eigenvalue weighted by Gasteiger charge is -2.48. The predicted molar refractivity (Wildman–Crippen MR) is 102 cm³/mol. The summed E-state index contributed by atoms with van der Waals surface area (Å²) in [5.74, 6) is 0.988. The minimum absolute atomic E-state index is 0. The molecule has 0 aromatic rings. The van der Waals surface area contributed by atoms with Crippen LogP contribution in [0.3, 0.4) is 0 Å². The Morgan fingerprint density at radius 1 is 1.17 bits per heavy atom. The zero-order valence-corrected chi connectivity index (χ0v) is 16.2. The second-order valence-electron chi connectivity index (χ2n) is 6.94. The maximum atomic E-state index is 12.3. The molecule has 3 N–H and O–H groups in total. The molecule has 2 rings (SSSR count). The van der Waals surface area contributed by atoms with Crippen molar-refractivity contribution in [1.82, 2.24) is 10.2 Å². The van der Waals surface area contributed by atoms with E-state index in [2.05, 4.69) is 16.5 Å². The average Bonchev–Trinajstić information content (AvgIpc) is 2.59. The first kappa shape index (κ1) is 21.1. The number of thioether (sulfide) groups is 1. The van der Waals surface area contributed by atoms with Gasteiger partial charge in [0.05, 0.1) is 6.04 Å². The summed E-state index contributed by atoms with van der Waals surface area (Å²) < 4.78 is 0. The van der Waals surface area contributed by atoms with Gasteiger partial charge in [-0.05, 0) is 57.2 Å². The molecule has 1 saturated heterocycles. The van der Waals surface area contributed by atoms with E-state index in [0.29, 0.717) is 0 Å². The van der Waals surface area contributed by atoms with Gasteiger partial charge in [-0.2, -0.15) is 11.8 Å². The van der Waals surface area contributed by atoms with Gasteiger partial charge in [-0.25, -0.2) is 0 Å². The first-order valence-electron chi connectivity index (χ1n) is 8.95. The molecule has 1 amide bonds. The van der Waals surface area contributed by atoms with Crippen molar-refractivity contribution in [1.29, 1.82) is 0 Å². The molecule has 1 atom stereocenters. The van der Waals surface area contributed by atoms with Crippen LogP contribution >= 0.6 is 24.2 Å². The van der Waals surface area contributed by atoms with Gasteiger partial charge in [0.2, 0.25) is 5.91 Å². The summed E-state index contributed by atoms with van der Waals surface area (Å²) in [6, 6.07) is -0.352. The summed E-state index contributed by atoms with van der Waals surface area (Å²) in [6.45, 7) is 3.20. The molecule has 23 heavy (non-hydrogen) atoms. The first-order chi connectivity index (χ1) is 10.7. The maximum Gasteiger partial charge on any atom is 0.237 e. The zero-order chi connectivity index (χ0) is 15.8. The summed E-state index contributed by atoms with van der Waals surface area (Å²) in [4.78, 5) is 14.9. The molecule has 136 valence electrons. The molecule has 0 bridgehead atoms. The number of nitrogens with one attached hydrogen (secondary N) is 1. The lowest BCUT2D eigenvalue weighted by molar-refractivity contribution is -0.123. The van der Waals surface area contributed by atoms with Gasteiger partial charge in [0.25, 0.3) is 0 Å². The van der Waals surface area contributed by atoms with Crippen molar-refractivity contribution in [2.45, 2.75) is 69.4 Å². The maximum absolute atomic E-state index is 12.3. The zero-order valence-electron chi connectivity index (χ0n) is 14.5. The van der Waals surface area contributed by atoms with E-state index in [-0.39, 0.29) is 29.9 Å². The molecule has 4 nitrogen and oxygen atoms in total. The van der Waals surface area contributed by atoms with Crippen LogP contribution in [-0.4, -0.2) is 54.0 Å². The SMILES string of the molecule is CSCC[C@H](N)C(=O)NCC1(N2CCCCC2)CCCCC1.Cl. The number of hydrogen-bond acceptors (Lipinski definition) is 4. The van der Waals surface area contributed by atoms with Crippen molar-refractivity contribution in [3.63, 3.8) is 0 Å². The van der Waals surface area contributed by atoms with Gasteiger partial charge in [0, 0.05) is 12.1 Å². The first-order valence-corrected chi connectivity index (χ1v) is 10.3. The Hall–Kier alpha value is 0.0300. The number of hydrogen-bond donors (Lipinski definition) is 2. The lowest BCUT2D eigenvalue weighted by atomic mass is 9.79. The van der Waals surface area contributed by atoms with Crippen LogP contribution in [0.1, 0.15) is 57.8 Å². The van der Waals surface area contributed by atoms with E-state index in [9.17, 15) is 4.79 Å². The molecule has 0 aromatic carbocycles. The highest BCUT2D eigenvalue weighted by atomic mass is 35.5. The van der Waals surface area contributed by atoms with E-state index in [1.54, 1.807) is 11.8 Å². The molecular weight excluding hydrogens is 330 g/mol. The molecule has 1 aliphatic carbocycles. The number of nitrogens with two attached hydrogens (primary N) is 1. The highest BCUT2D eigenvalue weighted by Crippen LogP contribution is 2.35. The third-order valence-corrected chi connectivity index (χ3v) is 6.02. The molecule has 1 saturated carbocycles. The molecular formula is C17H34ClN3OS. The van der Waals surface area contributed by atoms with Gasteiger partial charge in [-0.1, -0.05) is 25.7 Å². The number of nitrogens with zero attached hydrogens (tertiary/aromatic N) is 1. The highest BCUT2D eigenvalue weighted by Gasteiger charge is 2.38. The van der Waals surface area contributed by atoms with E-state index in [1.165, 1.54) is 64.5 Å². The number of rotatable bonds is 7. The van der Waals surface area contributed by atoms with Crippen LogP contribution in [0.25, 0.3) is 0 Å². The molecule has 1 heterocycles. The molecule has 2 aliphatic rings. The van der Waals surface area contributed by atoms with Crippen molar-refractivity contribution in [2.75, 3.05) is 31.6 Å². The van der Waals surface area contributed by atoms with Gasteiger partial charge in [0.1, 0.15) is 0 Å². The number of carbonyl (C=O) groups is 1. The highest BCUT2D eigenvalue weighted by molar-refractivity contribution is 7.98. The summed E-state index contributed by atoms with van der Waals surface area (Å²) in [6.07, 6.45) is 13.2. The molecule has 2 fully saturated rings. The van der Waals surface area contributed by atoms with E-state index in [1.807, 2.05) is 0 Å². The van der Waals surface area contributed by atoms with Crippen molar-refractivity contribution in [3.05, 3.63) is 0 Å². The van der Waals surface area contributed by atoms with Crippen LogP contribution in [0.5, 0.6) is 0 Å². The van der Waals surface area contributed by atoms with E-state index >= 15 is 0 Å². The molecule has 1 aliphatic heterocycles. The van der Waals surface area contributed by atoms with E-state index < -0.39 is 0 Å². The van der Waals surface area contributed by atoms with Crippen molar-refractivity contribution in [3.8, 4) is 0 Å². The second kappa shape index (κ2) is 10.8. The third-order valence-electron chi connectivity index (χ3n) is 5.37. The number of amides is 1. The minimum atomic E-state index is -0.352. The van der Waals surface area contributed by atoms with E-state index in [0.717, 1.165) is 18.7 Å². The number of likely N-dealkylation sites (tertiary alicyclic amines) is 1. The Balaban J connectivity index is 0.00000264. The third kappa shape index (κ3) is 6.11. The number of piperidine rings is 1. The standard InChI is InChI=1S/C17H33N3OS.ClH/c1-22-13-8-15(18)16(21)19-14-17(9-4-2-5-10-17)20-11-6-3-7-12-20;/h15H,2-14,18H2,1H3,(H,19,21);1H/t15-;/m0./s1. The molecule has 6 heteroatoms. The smallest absolute Gasteiger partial charge is 0.237 e. The Labute approximate surface area is 152 Å². The molecule has 0 unspecified atom stereocenters. The van der Waals surface area contributed by atoms with Gasteiger partial charge in [-0.15, -0.1) is 12.4 Å². The average molecular weight is 364 g/mol. The summed E-state index contributed by atoms with van der Waals surface area (Å²) in [7, 11) is 0. The van der Waals surface area contributed by atoms with Crippen LogP contribution in [0.15, 0.2) is 0 Å². The van der Waals surface area contributed by atoms with Gasteiger partial charge < -0.3 is 11.1 Å². The molecule has 0 radical (unpaired) electrons. The van der Waals surface area contributed by atoms with E-state index in [4.69, 9.17) is 5.73 Å². The Bertz CT molecular complexity index is 345. The van der Waals surface area contributed by atoms with Crippen LogP contribution in [-0.2, 0) is 4.79 Å². The van der Waals surface area contributed by atoms with Crippen LogP contribution < -0.4 is 11.1 Å². The lowest BCUT2D eigenvalue weighted by Crippen LogP contribution is -2.59. The van der Waals surface area contributed by atoms with Crippen molar-refractivity contribution >= 4 is 30.1 Å². The Morgan fingerprint density at radius 2 is 1.78 bits per heavy atom. The van der Waals surface area contributed by atoms with Crippen LogP contribution in [0.2, 0.25) is 0 Å². The Morgan fingerprint density at radius 3 is 2.39 bits per heavy atom. The largest absolute Gasteiger partial charge is 0.353 e. The minimum Gasteiger partial charge on any atom is -0.353 e. The van der Waals surface area contributed by atoms with Crippen LogP contribution in [0.4, 0.5) is 0 Å². The number of carbonyl (C=O) groups excluding carboxylic acids is 1. The molecule has 0 aromatic heterocycles. The fraction of sp³-hybridized carbons (Fsp3) is 0.941. The number of halogens is 1. The monoisotopic (exact) mass is 363 g/mol. The fourth-order valence-electron chi connectivity index (χ4n) is 3.94. The summed E-state index contributed by atoms with van der Waals surface area (Å²) in [5.41, 5.74) is 6.20. The van der Waals surface area contributed by atoms with Gasteiger partial charge in [0.15, 0.2) is 0 Å². The summed E-state index contributed by atoms with van der Waals surface area (Å²) >= 11 is 1.75. The molecule has 0 spiro atoms.